The molecule has 3 aromatic carbocycles. The highest BCUT2D eigenvalue weighted by atomic mass is 35.5. The van der Waals surface area contributed by atoms with E-state index in [9.17, 15) is 9.59 Å². The average Bonchev–Trinajstić information content (AvgIpc) is 3.33. The lowest BCUT2D eigenvalue weighted by Gasteiger charge is -2.50. The molecular formula is C29H27ClN2O3S. The van der Waals surface area contributed by atoms with Gasteiger partial charge >= 0.3 is 0 Å². The number of fused-ring (bicyclic) bond motifs is 1. The molecular weight excluding hydrogens is 492 g/mol. The summed E-state index contributed by atoms with van der Waals surface area (Å²) < 4.78 is 5.32. The SMILES string of the molecule is COc1ccc(N2C(=O)CS[C@@]23C(=O)N2c4c(cccc43)[C@](C)(c3ccc(Cl)cc3)CC2(C)C)cc1. The minimum absolute atomic E-state index is 0.0558. The first-order valence-corrected chi connectivity index (χ1v) is 13.4. The standard InChI is InChI=1S/C29H27ClN2O3S/c1-27(2)17-28(3,18-8-10-19(30)11-9-18)22-6-5-7-23-25(22)32(27)26(34)29(23)31(24(33)16-36-29)20-12-14-21(35-4)15-13-20/h5-15H,16-17H2,1-4H3/t28-,29-/m0/s1. The Bertz CT molecular complexity index is 1410. The van der Waals surface area contributed by atoms with Gasteiger partial charge in [0.25, 0.3) is 5.91 Å². The predicted molar refractivity (Wildman–Crippen MR) is 145 cm³/mol. The summed E-state index contributed by atoms with van der Waals surface area (Å²) in [4.78, 5) is 30.4. The molecule has 0 N–H and O–H groups in total. The fraction of sp³-hybridized carbons (Fsp3) is 0.310. The van der Waals surface area contributed by atoms with E-state index < -0.39 is 10.4 Å². The van der Waals surface area contributed by atoms with E-state index in [0.717, 1.165) is 28.8 Å². The molecule has 2 atom stereocenters. The van der Waals surface area contributed by atoms with Crippen LogP contribution in [0.15, 0.2) is 66.7 Å². The molecule has 2 amide bonds. The van der Waals surface area contributed by atoms with Crippen LogP contribution in [-0.4, -0.2) is 30.2 Å². The molecule has 184 valence electrons. The van der Waals surface area contributed by atoms with E-state index in [0.29, 0.717) is 16.5 Å². The van der Waals surface area contributed by atoms with Gasteiger partial charge in [0.05, 0.1) is 18.6 Å². The lowest BCUT2D eigenvalue weighted by atomic mass is 9.65. The maximum Gasteiger partial charge on any atom is 0.269 e. The maximum absolute atomic E-state index is 14.5. The highest BCUT2D eigenvalue weighted by Crippen LogP contribution is 2.62. The maximum atomic E-state index is 14.5. The molecule has 1 fully saturated rings. The van der Waals surface area contributed by atoms with Crippen LogP contribution in [0.5, 0.6) is 5.75 Å². The van der Waals surface area contributed by atoms with Crippen LogP contribution in [0.2, 0.25) is 5.02 Å². The van der Waals surface area contributed by atoms with Crippen LogP contribution in [-0.2, 0) is 19.9 Å². The van der Waals surface area contributed by atoms with Crippen molar-refractivity contribution in [1.82, 2.24) is 0 Å². The number of para-hydroxylation sites is 1. The number of methoxy groups -OCH3 is 1. The number of anilines is 2. The summed E-state index contributed by atoms with van der Waals surface area (Å²) in [5.41, 5.74) is 3.94. The Morgan fingerprint density at radius 1 is 0.889 bits per heavy atom. The van der Waals surface area contributed by atoms with Crippen molar-refractivity contribution >= 4 is 46.6 Å². The second-order valence-corrected chi connectivity index (χ2v) is 12.1. The lowest BCUT2D eigenvalue weighted by molar-refractivity contribution is -0.124. The van der Waals surface area contributed by atoms with Crippen LogP contribution in [0.25, 0.3) is 0 Å². The molecule has 0 radical (unpaired) electrons. The van der Waals surface area contributed by atoms with Gasteiger partial charge in [-0.2, -0.15) is 0 Å². The van der Waals surface area contributed by atoms with Crippen molar-refractivity contribution in [3.05, 3.63) is 88.4 Å². The summed E-state index contributed by atoms with van der Waals surface area (Å²) in [7, 11) is 1.61. The average molecular weight is 519 g/mol. The molecule has 0 bridgehead atoms. The molecule has 0 aromatic heterocycles. The summed E-state index contributed by atoms with van der Waals surface area (Å²) in [5.74, 6) is 0.811. The lowest BCUT2D eigenvalue weighted by Crippen LogP contribution is -2.58. The molecule has 6 rings (SSSR count). The first-order valence-electron chi connectivity index (χ1n) is 12.0. The van der Waals surface area contributed by atoms with E-state index in [1.807, 2.05) is 53.4 Å². The van der Waals surface area contributed by atoms with Crippen molar-refractivity contribution in [3.63, 3.8) is 0 Å². The quantitative estimate of drug-likeness (QED) is 0.419. The van der Waals surface area contributed by atoms with Crippen LogP contribution in [0.1, 0.15) is 43.9 Å². The predicted octanol–water partition coefficient (Wildman–Crippen LogP) is 6.12. The van der Waals surface area contributed by atoms with Gasteiger partial charge in [-0.25, -0.2) is 0 Å². The van der Waals surface area contributed by atoms with Crippen molar-refractivity contribution in [3.8, 4) is 5.75 Å². The summed E-state index contributed by atoms with van der Waals surface area (Å²) in [6.07, 6.45) is 0.737. The summed E-state index contributed by atoms with van der Waals surface area (Å²) >= 11 is 7.63. The van der Waals surface area contributed by atoms with Gasteiger partial charge in [0.15, 0.2) is 0 Å². The van der Waals surface area contributed by atoms with E-state index >= 15 is 0 Å². The zero-order chi connectivity index (χ0) is 25.5. The topological polar surface area (TPSA) is 49.9 Å². The van der Waals surface area contributed by atoms with Crippen LogP contribution in [0.3, 0.4) is 0 Å². The summed E-state index contributed by atoms with van der Waals surface area (Å²) in [6, 6.07) is 21.5. The number of carbonyl (C=O) groups excluding carboxylic acids is 2. The van der Waals surface area contributed by atoms with Gasteiger partial charge in [-0.1, -0.05) is 48.9 Å². The minimum atomic E-state index is -1.14. The molecule has 3 aliphatic rings. The first kappa shape index (κ1) is 23.4. The summed E-state index contributed by atoms with van der Waals surface area (Å²) in [6.45, 7) is 6.49. The number of carbonyl (C=O) groups is 2. The third kappa shape index (κ3) is 2.97. The summed E-state index contributed by atoms with van der Waals surface area (Å²) in [5, 5.41) is 0.697. The van der Waals surface area contributed by atoms with E-state index in [2.05, 4.69) is 39.0 Å². The number of rotatable bonds is 3. The Balaban J connectivity index is 1.59. The molecule has 0 saturated carbocycles. The Labute approximate surface area is 220 Å². The molecule has 0 unspecified atom stereocenters. The number of benzene rings is 3. The van der Waals surface area contributed by atoms with Crippen molar-refractivity contribution in [2.75, 3.05) is 22.7 Å². The highest BCUT2D eigenvalue weighted by molar-refractivity contribution is 8.02. The van der Waals surface area contributed by atoms with Gasteiger partial charge in [0, 0.05) is 27.2 Å². The second kappa shape index (κ2) is 7.77. The monoisotopic (exact) mass is 518 g/mol. The van der Waals surface area contributed by atoms with Gasteiger partial charge in [-0.05, 0) is 67.8 Å². The largest absolute Gasteiger partial charge is 0.497 e. The number of ether oxygens (including phenoxy) is 1. The van der Waals surface area contributed by atoms with Crippen LogP contribution < -0.4 is 14.5 Å². The molecule has 0 aliphatic carbocycles. The first-order chi connectivity index (χ1) is 17.1. The molecule has 3 aliphatic heterocycles. The number of halogens is 1. The number of amides is 2. The van der Waals surface area contributed by atoms with Crippen molar-refractivity contribution in [2.45, 2.75) is 43.0 Å². The zero-order valence-corrected chi connectivity index (χ0v) is 22.2. The van der Waals surface area contributed by atoms with Gasteiger partial charge in [0.2, 0.25) is 10.8 Å². The third-order valence-electron chi connectivity index (χ3n) is 7.88. The number of thioether (sulfide) groups is 1. The Morgan fingerprint density at radius 3 is 2.22 bits per heavy atom. The van der Waals surface area contributed by atoms with Crippen molar-refractivity contribution in [2.24, 2.45) is 0 Å². The van der Waals surface area contributed by atoms with Crippen molar-refractivity contribution in [1.29, 1.82) is 0 Å². The fourth-order valence-corrected chi connectivity index (χ4v) is 7.91. The molecule has 5 nitrogen and oxygen atoms in total. The Hall–Kier alpha value is -2.96. The van der Waals surface area contributed by atoms with Gasteiger partial charge in [-0.15, -0.1) is 11.8 Å². The van der Waals surface area contributed by atoms with Crippen LogP contribution in [0.4, 0.5) is 11.4 Å². The highest BCUT2D eigenvalue weighted by Gasteiger charge is 2.65. The Kier molecular flexibility index (Phi) is 5.06. The molecule has 7 heteroatoms. The van der Waals surface area contributed by atoms with E-state index in [4.69, 9.17) is 16.3 Å². The van der Waals surface area contributed by atoms with Gasteiger partial charge < -0.3 is 9.64 Å². The van der Waals surface area contributed by atoms with Gasteiger partial charge in [0.1, 0.15) is 5.75 Å². The third-order valence-corrected chi connectivity index (χ3v) is 9.52. The van der Waals surface area contributed by atoms with Gasteiger partial charge in [-0.3, -0.25) is 14.5 Å². The zero-order valence-electron chi connectivity index (χ0n) is 20.7. The van der Waals surface area contributed by atoms with Crippen molar-refractivity contribution < 1.29 is 14.3 Å². The molecule has 1 spiro atoms. The normalized spacial score (nSPS) is 26.0. The van der Waals surface area contributed by atoms with E-state index in [1.54, 1.807) is 12.0 Å². The molecule has 3 heterocycles. The molecule has 1 saturated heterocycles. The smallest absolute Gasteiger partial charge is 0.269 e. The molecule has 3 aromatic rings. The second-order valence-electron chi connectivity index (χ2n) is 10.5. The number of hydrogen-bond donors (Lipinski definition) is 0. The molecule has 36 heavy (non-hydrogen) atoms. The Morgan fingerprint density at radius 2 is 1.56 bits per heavy atom. The number of hydrogen-bond acceptors (Lipinski definition) is 4. The van der Waals surface area contributed by atoms with E-state index in [1.165, 1.54) is 11.8 Å². The number of nitrogens with zero attached hydrogens (tertiary/aromatic N) is 2. The minimum Gasteiger partial charge on any atom is -0.497 e. The van der Waals surface area contributed by atoms with Crippen LogP contribution in [0, 0.1) is 0 Å². The van der Waals surface area contributed by atoms with Crippen LogP contribution >= 0.6 is 23.4 Å². The fourth-order valence-electron chi connectivity index (χ4n) is 6.45. The van der Waals surface area contributed by atoms with E-state index in [-0.39, 0.29) is 23.0 Å².